The Hall–Kier alpha value is -2.92. The second kappa shape index (κ2) is 7.10. The van der Waals surface area contributed by atoms with Crippen molar-refractivity contribution in [2.75, 3.05) is 10.6 Å². The van der Waals surface area contributed by atoms with Gasteiger partial charge in [-0.1, -0.05) is 35.4 Å². The average molecular weight is 339 g/mol. The lowest BCUT2D eigenvalue weighted by Crippen LogP contribution is -2.13. The van der Waals surface area contributed by atoms with Crippen LogP contribution in [-0.2, 0) is 0 Å². The molecule has 1 amide bonds. The minimum absolute atomic E-state index is 0.292. The minimum atomic E-state index is -0.292. The summed E-state index contributed by atoms with van der Waals surface area (Å²) in [6.45, 7) is 2.02. The Morgan fingerprint density at radius 2 is 1.71 bits per heavy atom. The van der Waals surface area contributed by atoms with E-state index in [4.69, 9.17) is 11.6 Å². The summed E-state index contributed by atoms with van der Waals surface area (Å²) in [5.41, 5.74) is 3.05. The number of halogens is 1. The van der Waals surface area contributed by atoms with Crippen LogP contribution >= 0.6 is 11.6 Å². The standard InChI is InChI=1S/C18H15ClN4O/c1-12-5-7-15(8-6-12)23-18-20-10-13(11-21-18)17(24)22-16-4-2-3-14(19)9-16/h2-11H,1H3,(H,22,24)(H,20,21,23). The Kier molecular flexibility index (Phi) is 4.72. The number of hydrogen-bond acceptors (Lipinski definition) is 4. The highest BCUT2D eigenvalue weighted by Crippen LogP contribution is 2.16. The molecule has 2 N–H and O–H groups in total. The van der Waals surface area contributed by atoms with Crippen molar-refractivity contribution < 1.29 is 4.79 Å². The van der Waals surface area contributed by atoms with E-state index in [1.165, 1.54) is 18.0 Å². The summed E-state index contributed by atoms with van der Waals surface area (Å²) in [5, 5.41) is 6.39. The molecule has 0 aliphatic rings. The zero-order valence-corrected chi connectivity index (χ0v) is 13.7. The molecule has 0 fully saturated rings. The van der Waals surface area contributed by atoms with E-state index in [1.807, 2.05) is 31.2 Å². The molecule has 5 nitrogen and oxygen atoms in total. The van der Waals surface area contributed by atoms with Gasteiger partial charge >= 0.3 is 0 Å². The molecule has 2 aromatic carbocycles. The summed E-state index contributed by atoms with van der Waals surface area (Å²) >= 11 is 5.90. The summed E-state index contributed by atoms with van der Waals surface area (Å²) in [6, 6.07) is 14.8. The molecule has 3 rings (SSSR count). The molecule has 120 valence electrons. The van der Waals surface area contributed by atoms with Gasteiger partial charge in [-0.15, -0.1) is 0 Å². The van der Waals surface area contributed by atoms with E-state index in [1.54, 1.807) is 24.3 Å². The van der Waals surface area contributed by atoms with E-state index in [0.29, 0.717) is 22.2 Å². The highest BCUT2D eigenvalue weighted by Gasteiger charge is 2.08. The molecular weight excluding hydrogens is 324 g/mol. The summed E-state index contributed by atoms with van der Waals surface area (Å²) in [6.07, 6.45) is 2.95. The van der Waals surface area contributed by atoms with E-state index in [9.17, 15) is 4.79 Å². The maximum Gasteiger partial charge on any atom is 0.258 e. The van der Waals surface area contributed by atoms with Gasteiger partial charge in [0.25, 0.3) is 5.91 Å². The first-order valence-electron chi connectivity index (χ1n) is 7.33. The van der Waals surface area contributed by atoms with Gasteiger partial charge in [-0.25, -0.2) is 9.97 Å². The number of rotatable bonds is 4. The van der Waals surface area contributed by atoms with Gasteiger partial charge in [0.2, 0.25) is 5.95 Å². The topological polar surface area (TPSA) is 66.9 Å². The fourth-order valence-corrected chi connectivity index (χ4v) is 2.24. The van der Waals surface area contributed by atoms with Crippen LogP contribution in [0.5, 0.6) is 0 Å². The highest BCUT2D eigenvalue weighted by molar-refractivity contribution is 6.30. The SMILES string of the molecule is Cc1ccc(Nc2ncc(C(=O)Nc3cccc(Cl)c3)cn2)cc1. The number of anilines is 3. The molecule has 0 radical (unpaired) electrons. The number of aromatic nitrogens is 2. The van der Waals surface area contributed by atoms with Crippen LogP contribution in [0.2, 0.25) is 5.02 Å². The summed E-state index contributed by atoms with van der Waals surface area (Å²) < 4.78 is 0. The summed E-state index contributed by atoms with van der Waals surface area (Å²) in [4.78, 5) is 20.5. The van der Waals surface area contributed by atoms with Crippen molar-refractivity contribution in [2.24, 2.45) is 0 Å². The molecule has 1 aromatic heterocycles. The summed E-state index contributed by atoms with van der Waals surface area (Å²) in [7, 11) is 0. The van der Waals surface area contributed by atoms with Gasteiger partial charge in [0, 0.05) is 28.8 Å². The van der Waals surface area contributed by atoms with E-state index >= 15 is 0 Å². The molecule has 0 atom stereocenters. The smallest absolute Gasteiger partial charge is 0.258 e. The first-order chi connectivity index (χ1) is 11.6. The highest BCUT2D eigenvalue weighted by atomic mass is 35.5. The zero-order valence-electron chi connectivity index (χ0n) is 13.0. The van der Waals surface area contributed by atoms with E-state index in [2.05, 4.69) is 20.6 Å². The third kappa shape index (κ3) is 4.08. The molecule has 0 bridgehead atoms. The zero-order chi connectivity index (χ0) is 16.9. The van der Waals surface area contributed by atoms with Crippen LogP contribution in [0.4, 0.5) is 17.3 Å². The van der Waals surface area contributed by atoms with Crippen molar-refractivity contribution in [3.05, 3.63) is 77.1 Å². The van der Waals surface area contributed by atoms with Crippen molar-refractivity contribution in [3.63, 3.8) is 0 Å². The number of nitrogens with one attached hydrogen (secondary N) is 2. The van der Waals surface area contributed by atoms with Crippen molar-refractivity contribution in [2.45, 2.75) is 6.92 Å². The van der Waals surface area contributed by atoms with Gasteiger partial charge in [-0.3, -0.25) is 4.79 Å². The normalized spacial score (nSPS) is 10.2. The maximum absolute atomic E-state index is 12.2. The van der Waals surface area contributed by atoms with Crippen molar-refractivity contribution >= 4 is 34.8 Å². The van der Waals surface area contributed by atoms with E-state index < -0.39 is 0 Å². The Morgan fingerprint density at radius 1 is 1.00 bits per heavy atom. The number of aryl methyl sites for hydroxylation is 1. The van der Waals surface area contributed by atoms with Gasteiger partial charge in [-0.2, -0.15) is 0 Å². The summed E-state index contributed by atoms with van der Waals surface area (Å²) in [5.74, 6) is 0.136. The van der Waals surface area contributed by atoms with Crippen LogP contribution in [0.1, 0.15) is 15.9 Å². The van der Waals surface area contributed by atoms with Crippen LogP contribution in [0.15, 0.2) is 60.9 Å². The number of nitrogens with zero attached hydrogens (tertiary/aromatic N) is 2. The third-order valence-electron chi connectivity index (χ3n) is 3.30. The Labute approximate surface area is 144 Å². The Balaban J connectivity index is 1.67. The number of hydrogen-bond donors (Lipinski definition) is 2. The van der Waals surface area contributed by atoms with Gasteiger partial charge in [-0.05, 0) is 37.3 Å². The molecule has 0 aliphatic carbocycles. The molecule has 0 saturated heterocycles. The van der Waals surface area contributed by atoms with Crippen molar-refractivity contribution in [3.8, 4) is 0 Å². The minimum Gasteiger partial charge on any atom is -0.324 e. The van der Waals surface area contributed by atoms with Crippen LogP contribution in [0.25, 0.3) is 0 Å². The van der Waals surface area contributed by atoms with Crippen LogP contribution in [0, 0.1) is 6.92 Å². The van der Waals surface area contributed by atoms with E-state index in [-0.39, 0.29) is 5.91 Å². The molecule has 0 aliphatic heterocycles. The molecule has 3 aromatic rings. The Morgan fingerprint density at radius 3 is 2.38 bits per heavy atom. The molecule has 0 saturated carbocycles. The van der Waals surface area contributed by atoms with Crippen LogP contribution in [-0.4, -0.2) is 15.9 Å². The molecule has 0 unspecified atom stereocenters. The van der Waals surface area contributed by atoms with Crippen molar-refractivity contribution in [1.29, 1.82) is 0 Å². The maximum atomic E-state index is 12.2. The number of benzene rings is 2. The first kappa shape index (κ1) is 16.0. The van der Waals surface area contributed by atoms with E-state index in [0.717, 1.165) is 5.69 Å². The molecule has 1 heterocycles. The van der Waals surface area contributed by atoms with Crippen LogP contribution < -0.4 is 10.6 Å². The predicted molar refractivity (Wildman–Crippen MR) is 95.9 cm³/mol. The van der Waals surface area contributed by atoms with Gasteiger partial charge in [0.15, 0.2) is 0 Å². The molecular formula is C18H15ClN4O. The number of carbonyl (C=O) groups is 1. The number of amides is 1. The van der Waals surface area contributed by atoms with Gasteiger partial charge < -0.3 is 10.6 Å². The third-order valence-corrected chi connectivity index (χ3v) is 3.54. The lowest BCUT2D eigenvalue weighted by molar-refractivity contribution is 0.102. The number of carbonyl (C=O) groups excluding carboxylic acids is 1. The van der Waals surface area contributed by atoms with Crippen LogP contribution in [0.3, 0.4) is 0 Å². The first-order valence-corrected chi connectivity index (χ1v) is 7.70. The average Bonchev–Trinajstić information content (AvgIpc) is 2.57. The lowest BCUT2D eigenvalue weighted by atomic mass is 10.2. The largest absolute Gasteiger partial charge is 0.324 e. The fraction of sp³-hybridized carbons (Fsp3) is 0.0556. The molecule has 6 heteroatoms. The molecule has 0 spiro atoms. The Bertz CT molecular complexity index is 848. The second-order valence-corrected chi connectivity index (χ2v) is 5.69. The predicted octanol–water partition coefficient (Wildman–Crippen LogP) is 4.43. The quantitative estimate of drug-likeness (QED) is 0.738. The second-order valence-electron chi connectivity index (χ2n) is 5.25. The van der Waals surface area contributed by atoms with Gasteiger partial charge in [0.1, 0.15) is 0 Å². The molecule has 24 heavy (non-hydrogen) atoms. The van der Waals surface area contributed by atoms with Crippen molar-refractivity contribution in [1.82, 2.24) is 9.97 Å². The van der Waals surface area contributed by atoms with Gasteiger partial charge in [0.05, 0.1) is 5.56 Å². The monoisotopic (exact) mass is 338 g/mol. The lowest BCUT2D eigenvalue weighted by Gasteiger charge is -2.07. The fourth-order valence-electron chi connectivity index (χ4n) is 2.05.